The minimum atomic E-state index is -1.27. The molecule has 46 heavy (non-hydrogen) atoms. The Morgan fingerprint density at radius 3 is 1.59 bits per heavy atom. The first-order valence-electron chi connectivity index (χ1n) is 15.2. The molecule has 0 spiro atoms. The molecule has 0 aliphatic heterocycles. The van der Waals surface area contributed by atoms with Gasteiger partial charge in [0.05, 0.1) is 10.8 Å². The van der Waals surface area contributed by atoms with Crippen molar-refractivity contribution in [1.82, 2.24) is 10.6 Å². The number of carboxylic acids is 1. The van der Waals surface area contributed by atoms with Crippen molar-refractivity contribution in [2.45, 2.75) is 54.3 Å². The number of nitrogens with two attached hydrogens (primary N) is 1. The number of carboxylic acid groups (broad SMARTS) is 1. The largest absolute Gasteiger partial charge is 0.480 e. The smallest absolute Gasteiger partial charge is 0.327 e. The number of aliphatic carboxylic acids is 1. The average molecular weight is 656 g/mol. The summed E-state index contributed by atoms with van der Waals surface area (Å²) in [6.07, 6.45) is 0.743. The molecule has 3 atom stereocenters. The number of carbonyl (C=O) groups is 3. The molecule has 4 aromatic carbocycles. The third-order valence-electron chi connectivity index (χ3n) is 7.79. The summed E-state index contributed by atoms with van der Waals surface area (Å²) in [7, 11) is 0. The first-order chi connectivity index (χ1) is 22.0. The van der Waals surface area contributed by atoms with Gasteiger partial charge in [0.15, 0.2) is 0 Å². The standard InChI is InChI=1S/C37H41N3O4S2/c1-36(2,45)32(35(43)44)40-34(42)31(24-23-26-15-7-3-8-16-26)39-33(41)30(38)25-46-37(27-17-9-4-10-18-27,28-19-11-5-12-20-28)29-21-13-6-14-22-29/h3-22,30-32,45H,23-25,38H2,1-2H3,(H,39,41)(H,40,42)(H,43,44)/t30-,31?,32+/m1/s1. The van der Waals surface area contributed by atoms with Crippen molar-refractivity contribution in [1.29, 1.82) is 0 Å². The molecule has 0 aliphatic rings. The molecule has 4 aromatic rings. The van der Waals surface area contributed by atoms with Crippen molar-refractivity contribution >= 4 is 42.2 Å². The number of thiol groups is 1. The fourth-order valence-electron chi connectivity index (χ4n) is 5.35. The molecule has 240 valence electrons. The first kappa shape index (κ1) is 34.8. The van der Waals surface area contributed by atoms with Gasteiger partial charge in [-0.15, -0.1) is 11.8 Å². The van der Waals surface area contributed by atoms with E-state index in [1.807, 2.05) is 84.9 Å². The molecule has 0 heterocycles. The van der Waals surface area contributed by atoms with Gasteiger partial charge in [0, 0.05) is 10.5 Å². The molecule has 0 bridgehead atoms. The van der Waals surface area contributed by atoms with Crippen LogP contribution >= 0.6 is 24.4 Å². The molecule has 0 aromatic heterocycles. The van der Waals surface area contributed by atoms with Crippen LogP contribution in [0, 0.1) is 0 Å². The SMILES string of the molecule is CC(C)(S)[C@@H](NC(=O)C(CCc1ccccc1)NC(=O)[C@H](N)CSC(c1ccccc1)(c1ccccc1)c1ccccc1)C(=O)O. The van der Waals surface area contributed by atoms with E-state index in [0.717, 1.165) is 22.3 Å². The topological polar surface area (TPSA) is 122 Å². The van der Waals surface area contributed by atoms with Gasteiger partial charge in [-0.1, -0.05) is 121 Å². The third-order valence-corrected chi connectivity index (χ3v) is 9.72. The molecule has 0 fully saturated rings. The Morgan fingerprint density at radius 2 is 1.17 bits per heavy atom. The van der Waals surface area contributed by atoms with E-state index in [2.05, 4.69) is 59.7 Å². The molecule has 0 saturated carbocycles. The summed E-state index contributed by atoms with van der Waals surface area (Å²) in [4.78, 5) is 39.1. The van der Waals surface area contributed by atoms with E-state index in [1.54, 1.807) is 25.6 Å². The van der Waals surface area contributed by atoms with Crippen molar-refractivity contribution < 1.29 is 19.5 Å². The van der Waals surface area contributed by atoms with Crippen LogP contribution in [-0.2, 0) is 25.6 Å². The predicted molar refractivity (Wildman–Crippen MR) is 189 cm³/mol. The highest BCUT2D eigenvalue weighted by atomic mass is 32.2. The van der Waals surface area contributed by atoms with Gasteiger partial charge in [-0.25, -0.2) is 4.79 Å². The van der Waals surface area contributed by atoms with Crippen LogP contribution in [0.5, 0.6) is 0 Å². The summed E-state index contributed by atoms with van der Waals surface area (Å²) in [6, 6.07) is 36.7. The maximum Gasteiger partial charge on any atom is 0.327 e. The summed E-state index contributed by atoms with van der Waals surface area (Å²) >= 11 is 5.94. The second kappa shape index (κ2) is 16.0. The maximum atomic E-state index is 13.7. The van der Waals surface area contributed by atoms with Crippen LogP contribution in [0.25, 0.3) is 0 Å². The number of rotatable bonds is 15. The van der Waals surface area contributed by atoms with E-state index < -0.39 is 45.4 Å². The van der Waals surface area contributed by atoms with Crippen LogP contribution in [0.3, 0.4) is 0 Å². The second-order valence-corrected chi connectivity index (χ2v) is 14.1. The number of hydrogen-bond acceptors (Lipinski definition) is 6. The Morgan fingerprint density at radius 1 is 0.739 bits per heavy atom. The Bertz CT molecular complexity index is 1470. The number of carbonyl (C=O) groups excluding carboxylic acids is 2. The quantitative estimate of drug-likeness (QED) is 0.0860. The number of thioether (sulfide) groups is 1. The molecular formula is C37H41N3O4S2. The lowest BCUT2D eigenvalue weighted by molar-refractivity contribution is -0.143. The zero-order valence-corrected chi connectivity index (χ0v) is 27.7. The third kappa shape index (κ3) is 8.81. The van der Waals surface area contributed by atoms with Crippen molar-refractivity contribution in [3.8, 4) is 0 Å². The first-order valence-corrected chi connectivity index (χ1v) is 16.6. The van der Waals surface area contributed by atoms with Gasteiger partial charge in [-0.3, -0.25) is 9.59 Å². The van der Waals surface area contributed by atoms with Gasteiger partial charge in [-0.2, -0.15) is 12.6 Å². The molecule has 9 heteroatoms. The Hall–Kier alpha value is -4.05. The van der Waals surface area contributed by atoms with Gasteiger partial charge in [0.1, 0.15) is 12.1 Å². The molecule has 0 radical (unpaired) electrons. The zero-order valence-electron chi connectivity index (χ0n) is 26.0. The summed E-state index contributed by atoms with van der Waals surface area (Å²) in [5.74, 6) is -2.08. The van der Waals surface area contributed by atoms with Crippen molar-refractivity contribution in [2.75, 3.05) is 5.75 Å². The Kier molecular flexibility index (Phi) is 12.1. The lowest BCUT2D eigenvalue weighted by Crippen LogP contribution is -2.58. The van der Waals surface area contributed by atoms with Gasteiger partial charge < -0.3 is 21.5 Å². The van der Waals surface area contributed by atoms with Crippen LogP contribution < -0.4 is 16.4 Å². The van der Waals surface area contributed by atoms with E-state index in [-0.39, 0.29) is 12.2 Å². The normalized spacial score (nSPS) is 13.7. The zero-order chi connectivity index (χ0) is 33.2. The minimum absolute atomic E-state index is 0.235. The molecule has 1 unspecified atom stereocenters. The van der Waals surface area contributed by atoms with Gasteiger partial charge in [0.25, 0.3) is 0 Å². The lowest BCUT2D eigenvalue weighted by atomic mass is 9.84. The maximum absolute atomic E-state index is 13.7. The van der Waals surface area contributed by atoms with E-state index in [0.29, 0.717) is 6.42 Å². The molecule has 7 nitrogen and oxygen atoms in total. The number of benzene rings is 4. The summed E-state index contributed by atoms with van der Waals surface area (Å²) in [5.41, 5.74) is 10.7. The predicted octanol–water partition coefficient (Wildman–Crippen LogP) is 5.43. The van der Waals surface area contributed by atoms with Gasteiger partial charge in [-0.05, 0) is 48.9 Å². The van der Waals surface area contributed by atoms with Gasteiger partial charge in [0.2, 0.25) is 11.8 Å². The van der Waals surface area contributed by atoms with Crippen molar-refractivity contribution in [3.63, 3.8) is 0 Å². The minimum Gasteiger partial charge on any atom is -0.480 e. The molecule has 4 rings (SSSR count). The van der Waals surface area contributed by atoms with E-state index in [9.17, 15) is 19.5 Å². The highest BCUT2D eigenvalue weighted by Crippen LogP contribution is 2.48. The lowest BCUT2D eigenvalue weighted by Gasteiger charge is -2.36. The monoisotopic (exact) mass is 655 g/mol. The van der Waals surface area contributed by atoms with Crippen LogP contribution in [0.1, 0.15) is 42.5 Å². The molecule has 5 N–H and O–H groups in total. The van der Waals surface area contributed by atoms with Gasteiger partial charge >= 0.3 is 5.97 Å². The van der Waals surface area contributed by atoms with Crippen molar-refractivity contribution in [3.05, 3.63) is 144 Å². The molecule has 2 amide bonds. The number of amides is 2. The van der Waals surface area contributed by atoms with Crippen LogP contribution in [-0.4, -0.2) is 51.5 Å². The Balaban J connectivity index is 1.59. The van der Waals surface area contributed by atoms with Crippen LogP contribution in [0.2, 0.25) is 0 Å². The van der Waals surface area contributed by atoms with E-state index in [4.69, 9.17) is 5.73 Å². The average Bonchev–Trinajstić information content (AvgIpc) is 3.06. The van der Waals surface area contributed by atoms with Crippen LogP contribution in [0.4, 0.5) is 0 Å². The number of nitrogens with one attached hydrogen (secondary N) is 2. The van der Waals surface area contributed by atoms with E-state index >= 15 is 0 Å². The van der Waals surface area contributed by atoms with E-state index in [1.165, 1.54) is 0 Å². The summed E-state index contributed by atoms with van der Waals surface area (Å²) in [5, 5.41) is 15.2. The highest BCUT2D eigenvalue weighted by Gasteiger charge is 2.39. The highest BCUT2D eigenvalue weighted by molar-refractivity contribution is 8.00. The summed E-state index contributed by atoms with van der Waals surface area (Å²) in [6.45, 7) is 3.22. The molecule has 0 aliphatic carbocycles. The van der Waals surface area contributed by atoms with Crippen LogP contribution in [0.15, 0.2) is 121 Å². The number of aryl methyl sites for hydroxylation is 1. The van der Waals surface area contributed by atoms with Crippen molar-refractivity contribution in [2.24, 2.45) is 5.73 Å². The number of hydrogen-bond donors (Lipinski definition) is 5. The molecular weight excluding hydrogens is 615 g/mol. The Labute approximate surface area is 280 Å². The summed E-state index contributed by atoms with van der Waals surface area (Å²) < 4.78 is -1.71. The fraction of sp³-hybridized carbons (Fsp3) is 0.270. The fourth-order valence-corrected chi connectivity index (χ4v) is 7.01. The second-order valence-electron chi connectivity index (χ2n) is 11.7. The molecule has 0 saturated heterocycles.